The van der Waals surface area contributed by atoms with Crippen molar-refractivity contribution >= 4 is 0 Å². The molecule has 0 saturated carbocycles. The van der Waals surface area contributed by atoms with E-state index < -0.39 is 0 Å². The van der Waals surface area contributed by atoms with Gasteiger partial charge < -0.3 is 13.7 Å². The molecule has 3 aromatic rings. The lowest BCUT2D eigenvalue weighted by atomic mass is 9.96. The molecule has 0 spiro atoms. The summed E-state index contributed by atoms with van der Waals surface area (Å²) in [6, 6.07) is 14.3. The Labute approximate surface area is 159 Å². The molecule has 27 heavy (non-hydrogen) atoms. The van der Waals surface area contributed by atoms with Crippen LogP contribution in [0.2, 0.25) is 0 Å². The third kappa shape index (κ3) is 4.84. The second kappa shape index (κ2) is 8.50. The number of hydrogen-bond acceptors (Lipinski definition) is 6. The SMILES string of the molecule is CN(Cc1ccccc1)CC1CCN(Cc2nnc(-c3ccco3)o2)CC1. The Balaban J connectivity index is 1.22. The summed E-state index contributed by atoms with van der Waals surface area (Å²) in [5.74, 6) is 2.47. The molecule has 142 valence electrons. The van der Waals surface area contributed by atoms with E-state index in [9.17, 15) is 0 Å². The molecule has 1 aliphatic heterocycles. The summed E-state index contributed by atoms with van der Waals surface area (Å²) in [7, 11) is 2.22. The van der Waals surface area contributed by atoms with Crippen molar-refractivity contribution in [3.05, 3.63) is 60.2 Å². The fraction of sp³-hybridized carbons (Fsp3) is 0.429. The highest BCUT2D eigenvalue weighted by molar-refractivity contribution is 5.42. The van der Waals surface area contributed by atoms with Crippen LogP contribution in [0.3, 0.4) is 0 Å². The van der Waals surface area contributed by atoms with Crippen LogP contribution in [0.1, 0.15) is 24.3 Å². The van der Waals surface area contributed by atoms with E-state index in [1.165, 1.54) is 18.4 Å². The number of furan rings is 1. The predicted octanol–water partition coefficient (Wildman–Crippen LogP) is 3.67. The van der Waals surface area contributed by atoms with Gasteiger partial charge in [-0.05, 0) is 56.6 Å². The zero-order valence-corrected chi connectivity index (χ0v) is 15.8. The Morgan fingerprint density at radius 1 is 1.07 bits per heavy atom. The van der Waals surface area contributed by atoms with Crippen molar-refractivity contribution in [2.24, 2.45) is 5.92 Å². The lowest BCUT2D eigenvalue weighted by Gasteiger charge is -2.33. The zero-order chi connectivity index (χ0) is 18.5. The summed E-state index contributed by atoms with van der Waals surface area (Å²) in [4.78, 5) is 4.83. The van der Waals surface area contributed by atoms with Gasteiger partial charge in [-0.3, -0.25) is 4.90 Å². The van der Waals surface area contributed by atoms with Crippen LogP contribution in [0.15, 0.2) is 57.6 Å². The van der Waals surface area contributed by atoms with Gasteiger partial charge in [0, 0.05) is 13.1 Å². The van der Waals surface area contributed by atoms with E-state index in [1.807, 2.05) is 12.1 Å². The first kappa shape index (κ1) is 17.9. The van der Waals surface area contributed by atoms with Crippen LogP contribution in [-0.4, -0.2) is 46.7 Å². The molecular formula is C21H26N4O2. The van der Waals surface area contributed by atoms with Crippen LogP contribution in [0, 0.1) is 5.92 Å². The maximum absolute atomic E-state index is 5.72. The van der Waals surface area contributed by atoms with E-state index in [1.54, 1.807) is 6.26 Å². The van der Waals surface area contributed by atoms with E-state index in [0.29, 0.717) is 24.1 Å². The Bertz CT molecular complexity index is 808. The van der Waals surface area contributed by atoms with E-state index in [0.717, 1.165) is 32.1 Å². The molecule has 0 atom stereocenters. The standard InChI is InChI=1S/C21H26N4O2/c1-24(14-17-6-3-2-4-7-17)15-18-9-11-25(12-10-18)16-20-22-23-21(27-20)19-8-5-13-26-19/h2-8,13,18H,9-12,14-16H2,1H3. The topological polar surface area (TPSA) is 58.5 Å². The molecule has 6 heteroatoms. The van der Waals surface area contributed by atoms with Crippen LogP contribution in [-0.2, 0) is 13.1 Å². The van der Waals surface area contributed by atoms with Crippen molar-refractivity contribution in [1.82, 2.24) is 20.0 Å². The van der Waals surface area contributed by atoms with Gasteiger partial charge in [0.25, 0.3) is 5.89 Å². The molecule has 0 amide bonds. The fourth-order valence-corrected chi connectivity index (χ4v) is 3.74. The Morgan fingerprint density at radius 3 is 2.63 bits per heavy atom. The van der Waals surface area contributed by atoms with Gasteiger partial charge in [-0.1, -0.05) is 30.3 Å². The van der Waals surface area contributed by atoms with E-state index in [-0.39, 0.29) is 0 Å². The molecule has 0 N–H and O–H groups in total. The average Bonchev–Trinajstić information content (AvgIpc) is 3.36. The van der Waals surface area contributed by atoms with Gasteiger partial charge in [0.05, 0.1) is 12.8 Å². The zero-order valence-electron chi connectivity index (χ0n) is 15.8. The molecule has 3 heterocycles. The number of benzene rings is 1. The first-order valence-corrected chi connectivity index (χ1v) is 9.57. The maximum Gasteiger partial charge on any atom is 0.283 e. The summed E-state index contributed by atoms with van der Waals surface area (Å²) >= 11 is 0. The van der Waals surface area contributed by atoms with Crippen molar-refractivity contribution in [2.75, 3.05) is 26.7 Å². The number of nitrogens with zero attached hydrogens (tertiary/aromatic N) is 4. The van der Waals surface area contributed by atoms with Crippen LogP contribution in [0.5, 0.6) is 0 Å². The lowest BCUT2D eigenvalue weighted by molar-refractivity contribution is 0.138. The minimum atomic E-state index is 0.451. The average molecular weight is 366 g/mol. The highest BCUT2D eigenvalue weighted by Gasteiger charge is 2.22. The van der Waals surface area contributed by atoms with E-state index in [4.69, 9.17) is 8.83 Å². The number of hydrogen-bond donors (Lipinski definition) is 0. The smallest absolute Gasteiger partial charge is 0.283 e. The minimum absolute atomic E-state index is 0.451. The third-order valence-corrected chi connectivity index (χ3v) is 5.13. The molecule has 6 nitrogen and oxygen atoms in total. The third-order valence-electron chi connectivity index (χ3n) is 5.13. The second-order valence-corrected chi connectivity index (χ2v) is 7.38. The molecule has 1 aromatic carbocycles. The Morgan fingerprint density at radius 2 is 1.89 bits per heavy atom. The Hall–Kier alpha value is -2.44. The van der Waals surface area contributed by atoms with Crippen LogP contribution in [0.25, 0.3) is 11.7 Å². The summed E-state index contributed by atoms with van der Waals surface area (Å²) in [6.07, 6.45) is 4.02. The first-order chi connectivity index (χ1) is 13.3. The summed E-state index contributed by atoms with van der Waals surface area (Å²) in [6.45, 7) is 5.01. The number of likely N-dealkylation sites (tertiary alicyclic amines) is 1. The van der Waals surface area contributed by atoms with Gasteiger partial charge in [-0.25, -0.2) is 0 Å². The van der Waals surface area contributed by atoms with Gasteiger partial charge >= 0.3 is 0 Å². The van der Waals surface area contributed by atoms with Gasteiger partial charge in [0.1, 0.15) is 0 Å². The number of piperidine rings is 1. The second-order valence-electron chi connectivity index (χ2n) is 7.38. The fourth-order valence-electron chi connectivity index (χ4n) is 3.74. The summed E-state index contributed by atoms with van der Waals surface area (Å²) in [5, 5.41) is 8.23. The molecular weight excluding hydrogens is 340 g/mol. The van der Waals surface area contributed by atoms with Crippen molar-refractivity contribution < 1.29 is 8.83 Å². The highest BCUT2D eigenvalue weighted by atomic mass is 16.4. The van der Waals surface area contributed by atoms with Gasteiger partial charge in [0.15, 0.2) is 5.76 Å². The van der Waals surface area contributed by atoms with E-state index >= 15 is 0 Å². The number of rotatable bonds is 7. The highest BCUT2D eigenvalue weighted by Crippen LogP contribution is 2.22. The lowest BCUT2D eigenvalue weighted by Crippen LogP contribution is -2.37. The quantitative estimate of drug-likeness (QED) is 0.636. The van der Waals surface area contributed by atoms with Crippen LogP contribution >= 0.6 is 0 Å². The van der Waals surface area contributed by atoms with Gasteiger partial charge in [0.2, 0.25) is 5.89 Å². The van der Waals surface area contributed by atoms with E-state index in [2.05, 4.69) is 57.4 Å². The largest absolute Gasteiger partial charge is 0.459 e. The van der Waals surface area contributed by atoms with Gasteiger partial charge in [-0.2, -0.15) is 0 Å². The summed E-state index contributed by atoms with van der Waals surface area (Å²) in [5.41, 5.74) is 1.38. The monoisotopic (exact) mass is 366 g/mol. The van der Waals surface area contributed by atoms with Crippen LogP contribution < -0.4 is 0 Å². The Kier molecular flexibility index (Phi) is 5.65. The van der Waals surface area contributed by atoms with Crippen LogP contribution in [0.4, 0.5) is 0 Å². The molecule has 1 saturated heterocycles. The first-order valence-electron chi connectivity index (χ1n) is 9.57. The minimum Gasteiger partial charge on any atom is -0.459 e. The predicted molar refractivity (Wildman–Crippen MR) is 103 cm³/mol. The molecule has 1 fully saturated rings. The van der Waals surface area contributed by atoms with Crippen molar-refractivity contribution in [1.29, 1.82) is 0 Å². The molecule has 0 radical (unpaired) electrons. The molecule has 2 aromatic heterocycles. The molecule has 4 rings (SSSR count). The molecule has 0 unspecified atom stereocenters. The molecule has 0 aliphatic carbocycles. The van der Waals surface area contributed by atoms with Crippen molar-refractivity contribution in [2.45, 2.75) is 25.9 Å². The summed E-state index contributed by atoms with van der Waals surface area (Å²) < 4.78 is 11.0. The number of aromatic nitrogens is 2. The molecule has 0 bridgehead atoms. The van der Waals surface area contributed by atoms with Crippen molar-refractivity contribution in [3.8, 4) is 11.7 Å². The van der Waals surface area contributed by atoms with Crippen molar-refractivity contribution in [3.63, 3.8) is 0 Å². The normalized spacial score (nSPS) is 16.2. The maximum atomic E-state index is 5.72. The molecule has 1 aliphatic rings. The van der Waals surface area contributed by atoms with Gasteiger partial charge in [-0.15, -0.1) is 10.2 Å².